The van der Waals surface area contributed by atoms with Crippen LogP contribution in [0.4, 0.5) is 0 Å². The van der Waals surface area contributed by atoms with E-state index in [4.69, 9.17) is 4.52 Å². The molecule has 1 atom stereocenters. The largest absolute Gasteiger partial charge is 0.339 e. The number of likely N-dealkylation sites (tertiary alicyclic amines) is 1. The van der Waals surface area contributed by atoms with E-state index >= 15 is 0 Å². The van der Waals surface area contributed by atoms with E-state index in [1.165, 1.54) is 11.3 Å². The number of thiazole rings is 1. The Bertz CT molecular complexity index is 816. The molecule has 1 amide bonds. The molecule has 3 aromatic rings. The Morgan fingerprint density at radius 3 is 2.96 bits per heavy atom. The minimum absolute atomic E-state index is 0.0324. The molecule has 1 fully saturated rings. The van der Waals surface area contributed by atoms with Crippen molar-refractivity contribution >= 4 is 17.2 Å². The number of benzene rings is 1. The third-order valence-electron chi connectivity index (χ3n) is 4.17. The molecule has 0 N–H and O–H groups in total. The van der Waals surface area contributed by atoms with E-state index in [0.29, 0.717) is 23.1 Å². The maximum atomic E-state index is 12.5. The van der Waals surface area contributed by atoms with E-state index < -0.39 is 0 Å². The zero-order chi connectivity index (χ0) is 16.4. The molecule has 0 spiro atoms. The molecular weight excluding hydrogens is 324 g/mol. The maximum Gasteiger partial charge on any atom is 0.265 e. The summed E-state index contributed by atoms with van der Waals surface area (Å²) < 4.78 is 5.47. The molecule has 24 heavy (non-hydrogen) atoms. The number of nitrogens with zero attached hydrogens (tertiary/aromatic N) is 4. The van der Waals surface area contributed by atoms with Gasteiger partial charge in [0.25, 0.3) is 5.91 Å². The van der Waals surface area contributed by atoms with Gasteiger partial charge in [0.15, 0.2) is 0 Å². The summed E-state index contributed by atoms with van der Waals surface area (Å²) in [7, 11) is 0. The molecule has 1 aromatic carbocycles. The minimum atomic E-state index is 0.0324. The summed E-state index contributed by atoms with van der Waals surface area (Å²) in [5.41, 5.74) is 2.61. The van der Waals surface area contributed by atoms with Gasteiger partial charge in [-0.1, -0.05) is 35.5 Å². The Hall–Kier alpha value is -2.54. The van der Waals surface area contributed by atoms with Gasteiger partial charge in [-0.3, -0.25) is 9.78 Å². The van der Waals surface area contributed by atoms with Crippen molar-refractivity contribution in [2.75, 3.05) is 13.1 Å². The van der Waals surface area contributed by atoms with Crippen LogP contribution < -0.4 is 0 Å². The summed E-state index contributed by atoms with van der Waals surface area (Å²) in [6.45, 7) is 1.36. The Balaban J connectivity index is 1.50. The van der Waals surface area contributed by atoms with Gasteiger partial charge in [0.05, 0.1) is 17.6 Å². The Kier molecular flexibility index (Phi) is 4.08. The highest BCUT2D eigenvalue weighted by Gasteiger charge is 2.29. The van der Waals surface area contributed by atoms with Gasteiger partial charge in [0.1, 0.15) is 4.88 Å². The Morgan fingerprint density at radius 2 is 2.17 bits per heavy atom. The lowest BCUT2D eigenvalue weighted by Crippen LogP contribution is -2.38. The second kappa shape index (κ2) is 6.52. The van der Waals surface area contributed by atoms with Gasteiger partial charge >= 0.3 is 0 Å². The summed E-state index contributed by atoms with van der Waals surface area (Å²) in [5.74, 6) is 1.32. The summed E-state index contributed by atoms with van der Waals surface area (Å²) in [6.07, 6.45) is 3.50. The van der Waals surface area contributed by atoms with Gasteiger partial charge in [0, 0.05) is 18.7 Å². The average molecular weight is 340 g/mol. The van der Waals surface area contributed by atoms with Crippen LogP contribution in [-0.4, -0.2) is 39.0 Å². The highest BCUT2D eigenvalue weighted by molar-refractivity contribution is 7.11. The van der Waals surface area contributed by atoms with Gasteiger partial charge in [-0.05, 0) is 12.8 Å². The highest BCUT2D eigenvalue weighted by Crippen LogP contribution is 2.28. The van der Waals surface area contributed by atoms with E-state index in [1.54, 1.807) is 11.7 Å². The van der Waals surface area contributed by atoms with Crippen LogP contribution in [0.1, 0.15) is 34.3 Å². The number of carbonyl (C=O) groups is 1. The van der Waals surface area contributed by atoms with Crippen molar-refractivity contribution in [1.29, 1.82) is 0 Å². The lowest BCUT2D eigenvalue weighted by molar-refractivity contribution is 0.0700. The van der Waals surface area contributed by atoms with E-state index in [1.807, 2.05) is 35.2 Å². The topological polar surface area (TPSA) is 72.1 Å². The zero-order valence-corrected chi connectivity index (χ0v) is 13.8. The average Bonchev–Trinajstić information content (AvgIpc) is 3.34. The summed E-state index contributed by atoms with van der Waals surface area (Å²) in [4.78, 5) is 23.5. The second-order valence-corrected chi connectivity index (χ2v) is 6.66. The summed E-state index contributed by atoms with van der Waals surface area (Å²) >= 11 is 1.37. The summed E-state index contributed by atoms with van der Waals surface area (Å²) in [5, 5.41) is 4.08. The first-order valence-electron chi connectivity index (χ1n) is 7.88. The lowest BCUT2D eigenvalue weighted by Gasteiger charge is -2.30. The third-order valence-corrected chi connectivity index (χ3v) is 4.94. The Morgan fingerprint density at radius 1 is 1.29 bits per heavy atom. The number of carbonyl (C=O) groups excluding carboxylic acids is 1. The third kappa shape index (κ3) is 2.94. The van der Waals surface area contributed by atoms with E-state index in [2.05, 4.69) is 15.1 Å². The monoisotopic (exact) mass is 340 g/mol. The van der Waals surface area contributed by atoms with Crippen LogP contribution in [0.25, 0.3) is 11.4 Å². The highest BCUT2D eigenvalue weighted by atomic mass is 32.1. The number of rotatable bonds is 3. The first-order chi connectivity index (χ1) is 11.8. The van der Waals surface area contributed by atoms with Crippen molar-refractivity contribution in [2.45, 2.75) is 18.8 Å². The van der Waals surface area contributed by atoms with E-state index in [0.717, 1.165) is 24.9 Å². The first-order valence-corrected chi connectivity index (χ1v) is 8.76. The normalized spacial score (nSPS) is 17.8. The molecule has 1 aliphatic rings. The fourth-order valence-corrected chi connectivity index (χ4v) is 3.53. The van der Waals surface area contributed by atoms with Crippen LogP contribution in [0.3, 0.4) is 0 Å². The predicted molar refractivity (Wildman–Crippen MR) is 89.7 cm³/mol. The first kappa shape index (κ1) is 15.0. The van der Waals surface area contributed by atoms with Crippen LogP contribution >= 0.6 is 11.3 Å². The minimum Gasteiger partial charge on any atom is -0.339 e. The quantitative estimate of drug-likeness (QED) is 0.732. The molecule has 0 saturated carbocycles. The van der Waals surface area contributed by atoms with E-state index in [-0.39, 0.29) is 11.8 Å². The van der Waals surface area contributed by atoms with Gasteiger partial charge in [-0.2, -0.15) is 4.98 Å². The molecule has 3 heterocycles. The molecular formula is C17H16N4O2S. The van der Waals surface area contributed by atoms with E-state index in [9.17, 15) is 4.79 Å². The molecule has 4 rings (SSSR count). The van der Waals surface area contributed by atoms with Crippen molar-refractivity contribution in [2.24, 2.45) is 0 Å². The molecule has 7 heteroatoms. The second-order valence-electron chi connectivity index (χ2n) is 5.78. The van der Waals surface area contributed by atoms with Gasteiger partial charge in [-0.25, -0.2) is 0 Å². The van der Waals surface area contributed by atoms with Crippen molar-refractivity contribution < 1.29 is 9.32 Å². The van der Waals surface area contributed by atoms with Crippen molar-refractivity contribution in [1.82, 2.24) is 20.0 Å². The van der Waals surface area contributed by atoms with Crippen molar-refractivity contribution in [3.63, 3.8) is 0 Å². The fraction of sp³-hybridized carbons (Fsp3) is 0.294. The van der Waals surface area contributed by atoms with Gasteiger partial charge in [-0.15, -0.1) is 11.3 Å². The molecule has 0 radical (unpaired) electrons. The molecule has 1 saturated heterocycles. The number of piperidine rings is 1. The van der Waals surface area contributed by atoms with Crippen LogP contribution in [0.2, 0.25) is 0 Å². The molecule has 0 bridgehead atoms. The number of aromatic nitrogens is 3. The van der Waals surface area contributed by atoms with Gasteiger partial charge in [0.2, 0.25) is 11.7 Å². The lowest BCUT2D eigenvalue weighted by atomic mass is 9.98. The standard InChI is InChI=1S/C17H16N4O2S/c22-17(14-9-18-11-24-14)21-8-4-7-13(10-21)16-19-15(20-23-16)12-5-2-1-3-6-12/h1-3,5-6,9,11,13H,4,7-8,10H2/t13-/m0/s1. The molecule has 0 unspecified atom stereocenters. The van der Waals surface area contributed by atoms with Gasteiger partial charge < -0.3 is 9.42 Å². The van der Waals surface area contributed by atoms with Crippen LogP contribution in [0.15, 0.2) is 46.6 Å². The summed E-state index contributed by atoms with van der Waals surface area (Å²) in [6, 6.07) is 9.75. The number of hydrogen-bond donors (Lipinski definition) is 0. The van der Waals surface area contributed by atoms with Crippen LogP contribution in [0.5, 0.6) is 0 Å². The molecule has 6 nitrogen and oxygen atoms in total. The molecule has 122 valence electrons. The van der Waals surface area contributed by atoms with Crippen molar-refractivity contribution in [3.05, 3.63) is 52.8 Å². The zero-order valence-electron chi connectivity index (χ0n) is 13.0. The Labute approximate surface area is 143 Å². The van der Waals surface area contributed by atoms with Crippen molar-refractivity contribution in [3.8, 4) is 11.4 Å². The number of amides is 1. The predicted octanol–water partition coefficient (Wildman–Crippen LogP) is 3.21. The molecule has 2 aromatic heterocycles. The number of hydrogen-bond acceptors (Lipinski definition) is 6. The molecule has 1 aliphatic heterocycles. The fourth-order valence-electron chi connectivity index (χ4n) is 2.95. The van der Waals surface area contributed by atoms with Crippen LogP contribution in [-0.2, 0) is 0 Å². The smallest absolute Gasteiger partial charge is 0.265 e. The molecule has 0 aliphatic carbocycles. The van der Waals surface area contributed by atoms with Crippen LogP contribution in [0, 0.1) is 0 Å². The maximum absolute atomic E-state index is 12.5. The SMILES string of the molecule is O=C(c1cncs1)N1CCC[C@H](c2nc(-c3ccccc3)no2)C1.